The second-order valence-electron chi connectivity index (χ2n) is 13.9. The fourth-order valence-electron chi connectivity index (χ4n) is 7.46. The van der Waals surface area contributed by atoms with Gasteiger partial charge in [-0.15, -0.1) is 11.6 Å². The Bertz CT molecular complexity index is 910. The van der Waals surface area contributed by atoms with E-state index in [9.17, 15) is 5.11 Å². The van der Waals surface area contributed by atoms with Gasteiger partial charge in [-0.3, -0.25) is 0 Å². The van der Waals surface area contributed by atoms with Gasteiger partial charge in [0.25, 0.3) is 0 Å². The van der Waals surface area contributed by atoms with Crippen LogP contribution in [0.4, 0.5) is 4.39 Å². The fraction of sp³-hybridized carbons (Fsp3) is 0.800. The first-order valence-corrected chi connectivity index (χ1v) is 17.4. The molecule has 1 N–H and O–H groups in total. The summed E-state index contributed by atoms with van der Waals surface area (Å²) >= 11 is 5.96. The molecule has 3 aliphatic carbocycles. The average molecular weight is 523 g/mol. The van der Waals surface area contributed by atoms with Gasteiger partial charge in [0.15, 0.2) is 0 Å². The molecule has 0 saturated heterocycles. The van der Waals surface area contributed by atoms with Gasteiger partial charge in [0, 0.05) is 17.2 Å². The molecule has 2 nitrogen and oxygen atoms in total. The Hall–Kier alpha value is -0.583. The first-order chi connectivity index (χ1) is 16.2. The second-order valence-corrected chi connectivity index (χ2v) is 19.0. The standard InChI is InChI=1S/C30H48ClFO2Si/c1-28(2,3)35(6,7)34-22-12-13-23-21(18-22)17-20(11-9-8-10-16-31)26-24-14-15-30(5,33)29(24,4)19-25(32)27(23)26/h12-13,18,20,24-27,33H,8-11,14-17,19H2,1-7H3/t20-,24+,25+,26+,27+,29+,30-/m1/s1. The van der Waals surface area contributed by atoms with Crippen molar-refractivity contribution in [2.75, 3.05) is 5.88 Å². The molecule has 0 heterocycles. The van der Waals surface area contributed by atoms with E-state index in [2.05, 4.69) is 59.0 Å². The molecule has 1 aromatic rings. The number of hydrogen-bond donors (Lipinski definition) is 1. The highest BCUT2D eigenvalue weighted by Crippen LogP contribution is 2.66. The first kappa shape index (κ1) is 27.5. The molecular weight excluding hydrogens is 475 g/mol. The number of aliphatic hydroxyl groups is 1. The number of fused-ring (bicyclic) bond motifs is 5. The van der Waals surface area contributed by atoms with Crippen molar-refractivity contribution in [1.82, 2.24) is 0 Å². The van der Waals surface area contributed by atoms with Gasteiger partial charge in [-0.2, -0.15) is 0 Å². The lowest BCUT2D eigenvalue weighted by Crippen LogP contribution is -2.55. The zero-order valence-electron chi connectivity index (χ0n) is 23.1. The van der Waals surface area contributed by atoms with Gasteiger partial charge in [-0.05, 0) is 105 Å². The Morgan fingerprint density at radius 3 is 2.54 bits per heavy atom. The van der Waals surface area contributed by atoms with Crippen molar-refractivity contribution >= 4 is 19.9 Å². The third kappa shape index (κ3) is 4.86. The fourth-order valence-corrected chi connectivity index (χ4v) is 8.67. The third-order valence-electron chi connectivity index (χ3n) is 10.8. The van der Waals surface area contributed by atoms with Crippen LogP contribution in [0.15, 0.2) is 18.2 Å². The van der Waals surface area contributed by atoms with E-state index in [4.69, 9.17) is 16.0 Å². The molecule has 0 aromatic heterocycles. The van der Waals surface area contributed by atoms with Crippen LogP contribution in [-0.2, 0) is 6.42 Å². The van der Waals surface area contributed by atoms with Gasteiger partial charge in [0.2, 0.25) is 8.32 Å². The minimum absolute atomic E-state index is 0.0642. The summed E-state index contributed by atoms with van der Waals surface area (Å²) in [5, 5.41) is 11.4. The van der Waals surface area contributed by atoms with Crippen LogP contribution in [-0.4, -0.2) is 31.1 Å². The molecule has 0 unspecified atom stereocenters. The number of unbranched alkanes of at least 4 members (excludes halogenated alkanes) is 2. The molecule has 0 radical (unpaired) electrons. The Balaban J connectivity index is 1.69. The Labute approximate surface area is 219 Å². The van der Waals surface area contributed by atoms with Crippen molar-refractivity contribution in [3.05, 3.63) is 29.3 Å². The molecule has 0 amide bonds. The van der Waals surface area contributed by atoms with Crippen LogP contribution in [0.1, 0.15) is 96.6 Å². The van der Waals surface area contributed by atoms with Crippen molar-refractivity contribution in [2.45, 2.75) is 122 Å². The summed E-state index contributed by atoms with van der Waals surface area (Å²) < 4.78 is 22.9. The van der Waals surface area contributed by atoms with E-state index in [1.165, 1.54) is 11.1 Å². The second kappa shape index (κ2) is 9.62. The Morgan fingerprint density at radius 2 is 1.89 bits per heavy atom. The highest BCUT2D eigenvalue weighted by molar-refractivity contribution is 6.74. The number of alkyl halides is 2. The number of halogens is 2. The maximum atomic E-state index is 16.2. The van der Waals surface area contributed by atoms with Crippen LogP contribution < -0.4 is 4.43 Å². The molecule has 2 saturated carbocycles. The smallest absolute Gasteiger partial charge is 0.250 e. The Morgan fingerprint density at radius 1 is 1.17 bits per heavy atom. The van der Waals surface area contributed by atoms with Crippen molar-refractivity contribution in [2.24, 2.45) is 23.2 Å². The van der Waals surface area contributed by atoms with Crippen LogP contribution in [0.3, 0.4) is 0 Å². The van der Waals surface area contributed by atoms with Gasteiger partial charge in [-0.1, -0.05) is 46.6 Å². The summed E-state index contributed by atoms with van der Waals surface area (Å²) in [5.74, 6) is 2.73. The van der Waals surface area contributed by atoms with Gasteiger partial charge < -0.3 is 9.53 Å². The molecule has 1 aromatic carbocycles. The van der Waals surface area contributed by atoms with Gasteiger partial charge in [0.1, 0.15) is 11.9 Å². The van der Waals surface area contributed by atoms with Crippen molar-refractivity contribution in [1.29, 1.82) is 0 Å². The summed E-state index contributed by atoms with van der Waals surface area (Å²) in [6.07, 6.45) is 6.79. The summed E-state index contributed by atoms with van der Waals surface area (Å²) in [7, 11) is -1.94. The molecule has 0 aliphatic heterocycles. The zero-order chi connectivity index (χ0) is 25.8. The lowest BCUT2D eigenvalue weighted by molar-refractivity contribution is -0.120. The van der Waals surface area contributed by atoms with Crippen LogP contribution in [0, 0.1) is 23.2 Å². The van der Waals surface area contributed by atoms with Crippen LogP contribution in [0.2, 0.25) is 18.1 Å². The van der Waals surface area contributed by atoms with E-state index in [1.807, 2.05) is 6.92 Å². The summed E-state index contributed by atoms with van der Waals surface area (Å²) in [6.45, 7) is 15.5. The predicted molar refractivity (Wildman–Crippen MR) is 148 cm³/mol. The monoisotopic (exact) mass is 522 g/mol. The summed E-state index contributed by atoms with van der Waals surface area (Å²) in [4.78, 5) is 0. The minimum Gasteiger partial charge on any atom is -0.543 e. The largest absolute Gasteiger partial charge is 0.543 e. The van der Waals surface area contributed by atoms with Crippen LogP contribution >= 0.6 is 11.6 Å². The summed E-state index contributed by atoms with van der Waals surface area (Å²) in [5.41, 5.74) is 1.37. The molecule has 0 spiro atoms. The number of rotatable bonds is 7. The topological polar surface area (TPSA) is 29.5 Å². The maximum absolute atomic E-state index is 16.2. The van der Waals surface area contributed by atoms with Gasteiger partial charge in [0.05, 0.1) is 5.60 Å². The molecule has 35 heavy (non-hydrogen) atoms. The molecule has 198 valence electrons. The normalized spacial score (nSPS) is 36.9. The number of hydrogen-bond acceptors (Lipinski definition) is 2. The molecule has 5 heteroatoms. The average Bonchev–Trinajstić information content (AvgIpc) is 2.98. The van der Waals surface area contributed by atoms with Crippen molar-refractivity contribution < 1.29 is 13.9 Å². The molecule has 2 fully saturated rings. The molecule has 0 bridgehead atoms. The van der Waals surface area contributed by atoms with E-state index in [-0.39, 0.29) is 16.4 Å². The predicted octanol–water partition coefficient (Wildman–Crippen LogP) is 8.65. The molecule has 3 aliphatic rings. The molecule has 4 rings (SSSR count). The van der Waals surface area contributed by atoms with Crippen LogP contribution in [0.25, 0.3) is 0 Å². The zero-order valence-corrected chi connectivity index (χ0v) is 24.9. The van der Waals surface area contributed by atoms with E-state index >= 15 is 4.39 Å². The van der Waals surface area contributed by atoms with E-state index < -0.39 is 20.1 Å². The van der Waals surface area contributed by atoms with Crippen LogP contribution in [0.5, 0.6) is 5.75 Å². The number of benzene rings is 1. The lowest BCUT2D eigenvalue weighted by atomic mass is 9.50. The quantitative estimate of drug-likeness (QED) is 0.220. The van der Waals surface area contributed by atoms with E-state index in [1.54, 1.807) is 0 Å². The maximum Gasteiger partial charge on any atom is 0.250 e. The van der Waals surface area contributed by atoms with E-state index in [0.29, 0.717) is 30.1 Å². The highest BCUT2D eigenvalue weighted by Gasteiger charge is 2.63. The lowest BCUT2D eigenvalue weighted by Gasteiger charge is -2.56. The molecule has 7 atom stereocenters. The third-order valence-corrected chi connectivity index (χ3v) is 15.4. The van der Waals surface area contributed by atoms with Crippen molar-refractivity contribution in [3.8, 4) is 5.75 Å². The van der Waals surface area contributed by atoms with Gasteiger partial charge in [-0.25, -0.2) is 4.39 Å². The SMILES string of the molecule is CC(C)(C)[Si](C)(C)Oc1ccc2c(c1)C[C@@H](CCCCCCl)[C@@H]1[C@@H]2[C@@H](F)C[C@@]2(C)[C@H]1CC[C@@]2(C)O. The van der Waals surface area contributed by atoms with Gasteiger partial charge >= 0.3 is 0 Å². The highest BCUT2D eigenvalue weighted by atomic mass is 35.5. The van der Waals surface area contributed by atoms with E-state index in [0.717, 1.165) is 50.7 Å². The molecular formula is C30H48ClFO2Si. The first-order valence-electron chi connectivity index (χ1n) is 14.0. The minimum atomic E-state index is -1.94. The van der Waals surface area contributed by atoms with Crippen molar-refractivity contribution in [3.63, 3.8) is 0 Å². The Kier molecular flexibility index (Phi) is 7.55. The summed E-state index contributed by atoms with van der Waals surface area (Å²) in [6, 6.07) is 6.52.